The minimum atomic E-state index is -0.525. The molecule has 3 amide bonds. The van der Waals surface area contributed by atoms with E-state index < -0.39 is 11.9 Å². The van der Waals surface area contributed by atoms with Gasteiger partial charge in [-0.05, 0) is 35.9 Å². The lowest BCUT2D eigenvalue weighted by Crippen LogP contribution is -2.31. The Morgan fingerprint density at radius 3 is 2.28 bits per heavy atom. The zero-order valence-corrected chi connectivity index (χ0v) is 14.4. The number of nitrogens with zero attached hydrogens (tertiary/aromatic N) is 4. The number of likely N-dealkylation sites (N-methyl/N-ethyl adjacent to an activating group) is 1. The number of nitriles is 1. The first-order valence-electron chi connectivity index (χ1n) is 7.08. The number of carbonyl (C=O) groups excluding carboxylic acids is 2. The Morgan fingerprint density at radius 2 is 1.72 bits per heavy atom. The van der Waals surface area contributed by atoms with Crippen LogP contribution in [0.5, 0.6) is 0 Å². The molecule has 124 valence electrons. The van der Waals surface area contributed by atoms with Gasteiger partial charge in [0.15, 0.2) is 0 Å². The molecule has 1 aromatic carbocycles. The standard InChI is InChI=1S/C17H10Cl2N4O2/c1-22-13(6-10-2-4-11(9-20)5-3-10)16(24)23(17(22)25)12-7-14(18)21-15(19)8-12/h2-8H,1H3/b13-6-. The molecule has 1 aromatic heterocycles. The van der Waals surface area contributed by atoms with E-state index in [0.717, 1.165) is 4.90 Å². The predicted molar refractivity (Wildman–Crippen MR) is 94.0 cm³/mol. The molecule has 1 aliphatic rings. The van der Waals surface area contributed by atoms with Crippen LogP contribution in [0.25, 0.3) is 6.08 Å². The summed E-state index contributed by atoms with van der Waals surface area (Å²) in [6, 6.07) is 10.9. The van der Waals surface area contributed by atoms with Crippen molar-refractivity contribution in [2.24, 2.45) is 0 Å². The molecule has 1 saturated heterocycles. The Kier molecular flexibility index (Phi) is 4.45. The topological polar surface area (TPSA) is 77.3 Å². The summed E-state index contributed by atoms with van der Waals surface area (Å²) in [5.74, 6) is -0.504. The first-order valence-corrected chi connectivity index (χ1v) is 7.83. The van der Waals surface area contributed by atoms with E-state index in [9.17, 15) is 9.59 Å². The Morgan fingerprint density at radius 1 is 1.12 bits per heavy atom. The van der Waals surface area contributed by atoms with E-state index in [0.29, 0.717) is 11.1 Å². The molecule has 0 spiro atoms. The van der Waals surface area contributed by atoms with Crippen LogP contribution in [0.2, 0.25) is 10.3 Å². The molecule has 1 aliphatic heterocycles. The zero-order chi connectivity index (χ0) is 18.1. The maximum Gasteiger partial charge on any atom is 0.336 e. The Balaban J connectivity index is 2.00. The molecule has 25 heavy (non-hydrogen) atoms. The third-order valence-electron chi connectivity index (χ3n) is 3.61. The zero-order valence-electron chi connectivity index (χ0n) is 12.9. The van der Waals surface area contributed by atoms with Crippen LogP contribution in [0.3, 0.4) is 0 Å². The first kappa shape index (κ1) is 17.0. The van der Waals surface area contributed by atoms with Crippen molar-refractivity contribution in [2.45, 2.75) is 0 Å². The van der Waals surface area contributed by atoms with Crippen molar-refractivity contribution in [3.63, 3.8) is 0 Å². The van der Waals surface area contributed by atoms with Gasteiger partial charge in [-0.25, -0.2) is 14.7 Å². The number of anilines is 1. The van der Waals surface area contributed by atoms with Crippen LogP contribution in [0.15, 0.2) is 42.1 Å². The lowest BCUT2D eigenvalue weighted by Gasteiger charge is -2.13. The molecule has 8 heteroatoms. The third kappa shape index (κ3) is 3.20. The molecule has 1 fully saturated rings. The number of imide groups is 1. The van der Waals surface area contributed by atoms with E-state index in [1.165, 1.54) is 24.1 Å². The molecule has 0 aliphatic carbocycles. The lowest BCUT2D eigenvalue weighted by atomic mass is 10.1. The predicted octanol–water partition coefficient (Wildman–Crippen LogP) is 3.70. The van der Waals surface area contributed by atoms with Gasteiger partial charge >= 0.3 is 6.03 Å². The van der Waals surface area contributed by atoms with Crippen LogP contribution in [-0.4, -0.2) is 28.9 Å². The maximum absolute atomic E-state index is 12.7. The second kappa shape index (κ2) is 6.55. The molecular formula is C17H10Cl2N4O2. The van der Waals surface area contributed by atoms with Crippen LogP contribution >= 0.6 is 23.2 Å². The molecule has 0 atom stereocenters. The lowest BCUT2D eigenvalue weighted by molar-refractivity contribution is -0.114. The number of pyridine rings is 1. The van der Waals surface area contributed by atoms with Gasteiger partial charge in [0.25, 0.3) is 5.91 Å². The number of hydrogen-bond donors (Lipinski definition) is 0. The molecule has 0 saturated carbocycles. The van der Waals surface area contributed by atoms with Gasteiger partial charge in [0, 0.05) is 7.05 Å². The summed E-state index contributed by atoms with van der Waals surface area (Å²) in [4.78, 5) is 31.2. The van der Waals surface area contributed by atoms with Crippen molar-refractivity contribution in [1.82, 2.24) is 9.88 Å². The van der Waals surface area contributed by atoms with Gasteiger partial charge in [-0.1, -0.05) is 35.3 Å². The van der Waals surface area contributed by atoms with Gasteiger partial charge in [-0.15, -0.1) is 0 Å². The molecule has 0 unspecified atom stereocenters. The molecule has 3 rings (SSSR count). The van der Waals surface area contributed by atoms with Gasteiger partial charge in [0.2, 0.25) is 0 Å². The number of rotatable bonds is 2. The van der Waals surface area contributed by atoms with E-state index in [-0.39, 0.29) is 21.7 Å². The van der Waals surface area contributed by atoms with Gasteiger partial charge < -0.3 is 0 Å². The second-order valence-electron chi connectivity index (χ2n) is 5.22. The third-order valence-corrected chi connectivity index (χ3v) is 4.00. The molecular weight excluding hydrogens is 363 g/mol. The van der Waals surface area contributed by atoms with Crippen LogP contribution < -0.4 is 4.90 Å². The number of carbonyl (C=O) groups is 2. The monoisotopic (exact) mass is 372 g/mol. The van der Waals surface area contributed by atoms with Crippen LogP contribution in [-0.2, 0) is 4.79 Å². The molecule has 2 heterocycles. The summed E-state index contributed by atoms with van der Waals surface area (Å²) in [6.07, 6.45) is 1.58. The molecule has 0 N–H and O–H groups in total. The fraction of sp³-hybridized carbons (Fsp3) is 0.0588. The smallest absolute Gasteiger partial charge is 0.292 e. The Labute approximate surface area is 153 Å². The average molecular weight is 373 g/mol. The summed E-state index contributed by atoms with van der Waals surface area (Å²) in [5.41, 5.74) is 1.63. The summed E-state index contributed by atoms with van der Waals surface area (Å²) < 4.78 is 0. The van der Waals surface area contributed by atoms with Gasteiger partial charge in [0.05, 0.1) is 17.3 Å². The van der Waals surface area contributed by atoms with E-state index in [1.807, 2.05) is 6.07 Å². The van der Waals surface area contributed by atoms with Crippen LogP contribution in [0, 0.1) is 11.3 Å². The minimum Gasteiger partial charge on any atom is -0.292 e. The Hall–Kier alpha value is -2.88. The fourth-order valence-corrected chi connectivity index (χ4v) is 2.83. The normalized spacial score (nSPS) is 15.8. The molecule has 0 radical (unpaired) electrons. The molecule has 6 nitrogen and oxygen atoms in total. The summed E-state index contributed by atoms with van der Waals surface area (Å²) >= 11 is 11.7. The van der Waals surface area contributed by atoms with Gasteiger partial charge in [-0.3, -0.25) is 9.69 Å². The van der Waals surface area contributed by atoms with E-state index in [1.54, 1.807) is 30.3 Å². The largest absolute Gasteiger partial charge is 0.336 e. The van der Waals surface area contributed by atoms with Gasteiger partial charge in [0.1, 0.15) is 16.0 Å². The number of aromatic nitrogens is 1. The minimum absolute atomic E-state index is 0.0790. The summed E-state index contributed by atoms with van der Waals surface area (Å²) in [7, 11) is 1.50. The van der Waals surface area contributed by atoms with Crippen molar-refractivity contribution in [2.75, 3.05) is 11.9 Å². The van der Waals surface area contributed by atoms with Crippen LogP contribution in [0.4, 0.5) is 10.5 Å². The highest BCUT2D eigenvalue weighted by molar-refractivity contribution is 6.34. The fourth-order valence-electron chi connectivity index (χ4n) is 2.38. The van der Waals surface area contributed by atoms with Crippen LogP contribution in [0.1, 0.15) is 11.1 Å². The molecule has 0 bridgehead atoms. The number of benzene rings is 1. The SMILES string of the molecule is CN1C(=O)N(c2cc(Cl)nc(Cl)c2)C(=O)/C1=C/c1ccc(C#N)cc1. The van der Waals surface area contributed by atoms with Crippen molar-refractivity contribution < 1.29 is 9.59 Å². The highest BCUT2D eigenvalue weighted by Gasteiger charge is 2.40. The highest BCUT2D eigenvalue weighted by atomic mass is 35.5. The number of halogens is 2. The van der Waals surface area contributed by atoms with Crippen molar-refractivity contribution >= 4 is 46.9 Å². The Bertz CT molecular complexity index is 928. The van der Waals surface area contributed by atoms with E-state index in [4.69, 9.17) is 28.5 Å². The van der Waals surface area contributed by atoms with Crippen molar-refractivity contribution in [3.05, 3.63) is 63.5 Å². The van der Waals surface area contributed by atoms with E-state index in [2.05, 4.69) is 4.98 Å². The molecule has 2 aromatic rings. The first-order chi connectivity index (χ1) is 11.9. The maximum atomic E-state index is 12.7. The number of urea groups is 1. The quantitative estimate of drug-likeness (QED) is 0.457. The van der Waals surface area contributed by atoms with Crippen molar-refractivity contribution in [1.29, 1.82) is 5.26 Å². The van der Waals surface area contributed by atoms with E-state index >= 15 is 0 Å². The van der Waals surface area contributed by atoms with Crippen molar-refractivity contribution in [3.8, 4) is 6.07 Å². The second-order valence-corrected chi connectivity index (χ2v) is 5.99. The number of hydrogen-bond acceptors (Lipinski definition) is 4. The summed E-state index contributed by atoms with van der Waals surface area (Å²) in [5, 5.41) is 8.99. The summed E-state index contributed by atoms with van der Waals surface area (Å²) in [6.45, 7) is 0. The average Bonchev–Trinajstić information content (AvgIpc) is 2.78. The number of amides is 3. The highest BCUT2D eigenvalue weighted by Crippen LogP contribution is 2.30. The van der Waals surface area contributed by atoms with Gasteiger partial charge in [-0.2, -0.15) is 5.26 Å².